The molecule has 2 heterocycles. The molecule has 3 rings (SSSR count). The molecule has 2 nitrogen and oxygen atoms in total. The lowest BCUT2D eigenvalue weighted by Crippen LogP contribution is -2.22. The van der Waals surface area contributed by atoms with Crippen molar-refractivity contribution in [1.82, 2.24) is 10.3 Å². The van der Waals surface area contributed by atoms with Crippen molar-refractivity contribution in [1.29, 1.82) is 0 Å². The first-order valence-electron chi connectivity index (χ1n) is 6.51. The minimum absolute atomic E-state index is 0. The van der Waals surface area contributed by atoms with Crippen LogP contribution in [0.25, 0.3) is 11.3 Å². The van der Waals surface area contributed by atoms with Crippen LogP contribution >= 0.6 is 24.2 Å². The van der Waals surface area contributed by atoms with Crippen LogP contribution < -0.4 is 5.32 Å². The van der Waals surface area contributed by atoms with Gasteiger partial charge in [0.2, 0.25) is 0 Å². The second-order valence-corrected chi connectivity index (χ2v) is 5.91. The third kappa shape index (κ3) is 3.16. The normalized spacial score (nSPS) is 13.7. The van der Waals surface area contributed by atoms with Gasteiger partial charge in [-0.2, -0.15) is 0 Å². The molecule has 0 fully saturated rings. The summed E-state index contributed by atoms with van der Waals surface area (Å²) in [6, 6.07) is 11.1. The van der Waals surface area contributed by atoms with Crippen molar-refractivity contribution in [3.63, 3.8) is 0 Å². The third-order valence-electron chi connectivity index (χ3n) is 3.34. The largest absolute Gasteiger partial charge is 0.358 e. The molecule has 4 heteroatoms. The molecule has 0 unspecified atom stereocenters. The van der Waals surface area contributed by atoms with E-state index in [1.165, 1.54) is 27.4 Å². The molecule has 1 aromatic heterocycles. The van der Waals surface area contributed by atoms with Gasteiger partial charge >= 0.3 is 0 Å². The van der Waals surface area contributed by atoms with Crippen LogP contribution in [0, 0.1) is 0 Å². The van der Waals surface area contributed by atoms with Crippen molar-refractivity contribution in [2.45, 2.75) is 24.8 Å². The van der Waals surface area contributed by atoms with Crippen LogP contribution in [-0.4, -0.2) is 17.3 Å². The highest BCUT2D eigenvalue weighted by Gasteiger charge is 2.12. The molecule has 102 valence electrons. The van der Waals surface area contributed by atoms with Gasteiger partial charge in [0.15, 0.2) is 0 Å². The lowest BCUT2D eigenvalue weighted by Gasteiger charge is -2.11. The van der Waals surface area contributed by atoms with Crippen LogP contribution in [0.4, 0.5) is 0 Å². The molecule has 2 N–H and O–H groups in total. The average molecular weight is 295 g/mol. The molecule has 0 aliphatic carbocycles. The second kappa shape index (κ2) is 6.51. The van der Waals surface area contributed by atoms with E-state index in [2.05, 4.69) is 47.6 Å². The number of H-pyrrole nitrogens is 1. The number of halogens is 1. The molecule has 1 aliphatic heterocycles. The van der Waals surface area contributed by atoms with Crippen molar-refractivity contribution in [2.24, 2.45) is 0 Å². The van der Waals surface area contributed by atoms with E-state index < -0.39 is 0 Å². The summed E-state index contributed by atoms with van der Waals surface area (Å²) in [6.07, 6.45) is 1.11. The van der Waals surface area contributed by atoms with Gasteiger partial charge in [-0.15, -0.1) is 24.2 Å². The van der Waals surface area contributed by atoms with Gasteiger partial charge < -0.3 is 10.3 Å². The average Bonchev–Trinajstić information content (AvgIpc) is 2.84. The summed E-state index contributed by atoms with van der Waals surface area (Å²) in [7, 11) is 0. The number of hydrogen-bond acceptors (Lipinski definition) is 2. The highest BCUT2D eigenvalue weighted by Crippen LogP contribution is 2.26. The van der Waals surface area contributed by atoms with Crippen LogP contribution in [0.3, 0.4) is 0 Å². The fraction of sp³-hybridized carbons (Fsp3) is 0.333. The molecule has 0 saturated carbocycles. The summed E-state index contributed by atoms with van der Waals surface area (Å²) < 4.78 is 0. The summed E-state index contributed by atoms with van der Waals surface area (Å²) >= 11 is 1.89. The van der Waals surface area contributed by atoms with Crippen LogP contribution in [0.1, 0.15) is 18.2 Å². The summed E-state index contributed by atoms with van der Waals surface area (Å²) in [6.45, 7) is 4.26. The fourth-order valence-corrected chi connectivity index (χ4v) is 3.07. The summed E-state index contributed by atoms with van der Waals surface area (Å²) in [5.41, 5.74) is 5.35. The maximum atomic E-state index is 3.55. The molecule has 19 heavy (non-hydrogen) atoms. The van der Waals surface area contributed by atoms with Crippen molar-refractivity contribution in [3.05, 3.63) is 41.6 Å². The number of hydrogen-bond donors (Lipinski definition) is 2. The topological polar surface area (TPSA) is 27.8 Å². The molecule has 1 aromatic carbocycles. The maximum Gasteiger partial charge on any atom is 0.0459 e. The Morgan fingerprint density at radius 3 is 2.68 bits per heavy atom. The van der Waals surface area contributed by atoms with E-state index in [0.29, 0.717) is 0 Å². The molecule has 2 aromatic rings. The number of aromatic nitrogens is 1. The van der Waals surface area contributed by atoms with Crippen LogP contribution in [-0.2, 0) is 13.0 Å². The minimum Gasteiger partial charge on any atom is -0.358 e. The standard InChI is InChI=1S/C15H18N2S.ClH/c1-2-18-13-5-3-11(4-6-13)15-9-12-10-16-8-7-14(12)17-15;/h3-6,9,16-17H,2,7-8,10H2,1H3;1H. The van der Waals surface area contributed by atoms with Crippen molar-refractivity contribution >= 4 is 24.2 Å². The molecule has 0 spiro atoms. The van der Waals surface area contributed by atoms with E-state index in [-0.39, 0.29) is 12.4 Å². The third-order valence-corrected chi connectivity index (χ3v) is 4.23. The first kappa shape index (κ1) is 14.5. The highest BCUT2D eigenvalue weighted by atomic mass is 35.5. The van der Waals surface area contributed by atoms with Crippen molar-refractivity contribution in [3.8, 4) is 11.3 Å². The Balaban J connectivity index is 0.00000133. The molecular weight excluding hydrogens is 276 g/mol. The fourth-order valence-electron chi connectivity index (χ4n) is 2.41. The Morgan fingerprint density at radius 2 is 2.00 bits per heavy atom. The molecule has 0 amide bonds. The number of rotatable bonds is 3. The van der Waals surface area contributed by atoms with Gasteiger partial charge in [0.05, 0.1) is 0 Å². The zero-order chi connectivity index (χ0) is 12.4. The van der Waals surface area contributed by atoms with Gasteiger partial charge in [-0.25, -0.2) is 0 Å². The van der Waals surface area contributed by atoms with Gasteiger partial charge in [0.25, 0.3) is 0 Å². The Labute approximate surface area is 124 Å². The molecule has 0 saturated heterocycles. The summed E-state index contributed by atoms with van der Waals surface area (Å²) in [5, 5.41) is 3.41. The molecule has 0 bridgehead atoms. The zero-order valence-electron chi connectivity index (χ0n) is 11.0. The van der Waals surface area contributed by atoms with Gasteiger partial charge in [0, 0.05) is 35.8 Å². The molecule has 0 atom stereocenters. The Morgan fingerprint density at radius 1 is 1.21 bits per heavy atom. The van der Waals surface area contributed by atoms with Gasteiger partial charge in [-0.05, 0) is 35.1 Å². The van der Waals surface area contributed by atoms with Crippen molar-refractivity contribution in [2.75, 3.05) is 12.3 Å². The number of aromatic amines is 1. The maximum absolute atomic E-state index is 3.55. The highest BCUT2D eigenvalue weighted by molar-refractivity contribution is 7.99. The number of nitrogens with one attached hydrogen (secondary N) is 2. The van der Waals surface area contributed by atoms with Crippen molar-refractivity contribution < 1.29 is 0 Å². The van der Waals surface area contributed by atoms with Gasteiger partial charge in [0.1, 0.15) is 0 Å². The predicted octanol–water partition coefficient (Wildman–Crippen LogP) is 3.86. The van der Waals surface area contributed by atoms with E-state index in [0.717, 1.165) is 25.3 Å². The van der Waals surface area contributed by atoms with Gasteiger partial charge in [-0.3, -0.25) is 0 Å². The first-order chi connectivity index (χ1) is 8.86. The Kier molecular flexibility index (Phi) is 4.97. The lowest BCUT2D eigenvalue weighted by molar-refractivity contribution is 0.638. The quantitative estimate of drug-likeness (QED) is 0.841. The van der Waals surface area contributed by atoms with Crippen LogP contribution in [0.15, 0.2) is 35.2 Å². The van der Waals surface area contributed by atoms with E-state index in [1.807, 2.05) is 11.8 Å². The zero-order valence-corrected chi connectivity index (χ0v) is 12.7. The second-order valence-electron chi connectivity index (χ2n) is 4.57. The minimum atomic E-state index is 0. The first-order valence-corrected chi connectivity index (χ1v) is 7.50. The van der Waals surface area contributed by atoms with Gasteiger partial charge in [-0.1, -0.05) is 19.1 Å². The molecule has 0 radical (unpaired) electrons. The lowest BCUT2D eigenvalue weighted by atomic mass is 10.1. The Hall–Kier alpha value is -0.900. The van der Waals surface area contributed by atoms with E-state index in [1.54, 1.807) is 0 Å². The smallest absolute Gasteiger partial charge is 0.0459 e. The molecule has 1 aliphatic rings. The summed E-state index contributed by atoms with van der Waals surface area (Å²) in [4.78, 5) is 4.90. The molecular formula is C15H19ClN2S. The monoisotopic (exact) mass is 294 g/mol. The number of fused-ring (bicyclic) bond motifs is 1. The van der Waals surface area contributed by atoms with Crippen LogP contribution in [0.5, 0.6) is 0 Å². The van der Waals surface area contributed by atoms with E-state index >= 15 is 0 Å². The SMILES string of the molecule is CCSc1ccc(-c2cc3c([nH]2)CCNC3)cc1.Cl. The number of benzene rings is 1. The summed E-state index contributed by atoms with van der Waals surface area (Å²) in [5.74, 6) is 1.13. The number of thioether (sulfide) groups is 1. The Bertz CT molecular complexity index is 510. The predicted molar refractivity (Wildman–Crippen MR) is 85.3 cm³/mol. The van der Waals surface area contributed by atoms with E-state index in [4.69, 9.17) is 0 Å². The van der Waals surface area contributed by atoms with E-state index in [9.17, 15) is 0 Å². The van der Waals surface area contributed by atoms with Crippen LogP contribution in [0.2, 0.25) is 0 Å².